The molecule has 2 heterocycles. The number of halogens is 1. The molecule has 1 fully saturated rings. The lowest BCUT2D eigenvalue weighted by molar-refractivity contribution is -0.138. The van der Waals surface area contributed by atoms with Crippen molar-refractivity contribution in [2.75, 3.05) is 6.54 Å². The number of nitrogens with zero attached hydrogens (tertiary/aromatic N) is 3. The van der Waals surface area contributed by atoms with Gasteiger partial charge in [-0.15, -0.1) is 10.2 Å². The van der Waals surface area contributed by atoms with Gasteiger partial charge in [0, 0.05) is 6.42 Å². The minimum atomic E-state index is -1.35. The molecule has 10 nitrogen and oxygen atoms in total. The van der Waals surface area contributed by atoms with Crippen molar-refractivity contribution in [3.63, 3.8) is 0 Å². The number of carbonyl (C=O) groups is 3. The number of alkyl carbamates (subject to hydrolysis) is 1. The summed E-state index contributed by atoms with van der Waals surface area (Å²) in [5, 5.41) is 13.3. The van der Waals surface area contributed by atoms with Crippen LogP contribution in [-0.4, -0.2) is 57.4 Å². The summed E-state index contributed by atoms with van der Waals surface area (Å²) in [5.41, 5.74) is 2.26. The van der Waals surface area contributed by atoms with Crippen LogP contribution in [0, 0.1) is 0 Å². The van der Waals surface area contributed by atoms with E-state index in [2.05, 4.69) is 34.7 Å². The highest BCUT2D eigenvalue weighted by atomic mass is 19.1. The Morgan fingerprint density at radius 1 is 1.00 bits per heavy atom. The standard InChI is InChI=1S/C31H38FN5O5/c1-19(2)20-11-13-22(14-12-20)28(21-9-7-6-8-10-21)34-29(39)24-15-23(32)18-37(24)27(38)16-25-35-36-26(41-25)17-33-30(40)42-31(3,4)5/h6-14,19,23-24,28H,15-18H2,1-5H3,(H,33,40)(H,34,39)/t23-,24+,28+/m1/s1. The van der Waals surface area contributed by atoms with E-state index in [1.54, 1.807) is 20.8 Å². The van der Waals surface area contributed by atoms with Crippen LogP contribution in [0.4, 0.5) is 9.18 Å². The number of alkyl halides is 1. The molecule has 0 aliphatic carbocycles. The first-order valence-corrected chi connectivity index (χ1v) is 14.1. The van der Waals surface area contributed by atoms with Crippen LogP contribution in [0.1, 0.15) is 81.5 Å². The van der Waals surface area contributed by atoms with Crippen molar-refractivity contribution in [2.24, 2.45) is 0 Å². The van der Waals surface area contributed by atoms with Crippen LogP contribution >= 0.6 is 0 Å². The normalized spacial score (nSPS) is 17.6. The zero-order chi connectivity index (χ0) is 30.4. The lowest BCUT2D eigenvalue weighted by Crippen LogP contribution is -2.47. The van der Waals surface area contributed by atoms with E-state index in [1.165, 1.54) is 10.5 Å². The average molecular weight is 580 g/mol. The topological polar surface area (TPSA) is 127 Å². The minimum absolute atomic E-state index is 0.00476. The summed E-state index contributed by atoms with van der Waals surface area (Å²) < 4.78 is 25.3. The number of carbonyl (C=O) groups excluding carboxylic acids is 3. The van der Waals surface area contributed by atoms with Gasteiger partial charge in [0.25, 0.3) is 0 Å². The van der Waals surface area contributed by atoms with Gasteiger partial charge in [-0.25, -0.2) is 9.18 Å². The Hall–Kier alpha value is -4.28. The average Bonchev–Trinajstić information content (AvgIpc) is 3.56. The second-order valence-electron chi connectivity index (χ2n) is 11.7. The van der Waals surface area contributed by atoms with E-state index >= 15 is 0 Å². The molecule has 42 heavy (non-hydrogen) atoms. The predicted molar refractivity (Wildman–Crippen MR) is 153 cm³/mol. The van der Waals surface area contributed by atoms with Crippen LogP contribution in [0.25, 0.3) is 0 Å². The number of rotatable bonds is 9. The van der Waals surface area contributed by atoms with Gasteiger partial charge in [0.2, 0.25) is 23.6 Å². The smallest absolute Gasteiger partial charge is 0.408 e. The quantitative estimate of drug-likeness (QED) is 0.379. The molecule has 0 spiro atoms. The summed E-state index contributed by atoms with van der Waals surface area (Å²) in [7, 11) is 0. The molecule has 0 radical (unpaired) electrons. The lowest BCUT2D eigenvalue weighted by atomic mass is 9.95. The van der Waals surface area contributed by atoms with Crippen molar-refractivity contribution in [3.8, 4) is 0 Å². The van der Waals surface area contributed by atoms with Crippen molar-refractivity contribution in [3.05, 3.63) is 83.1 Å². The first-order chi connectivity index (χ1) is 19.9. The van der Waals surface area contributed by atoms with E-state index in [0.717, 1.165) is 11.1 Å². The third-order valence-electron chi connectivity index (χ3n) is 6.82. The molecule has 3 amide bonds. The zero-order valence-electron chi connectivity index (χ0n) is 24.6. The fourth-order valence-corrected chi connectivity index (χ4v) is 4.75. The largest absolute Gasteiger partial charge is 0.444 e. The number of hydrogen-bond donors (Lipinski definition) is 2. The molecule has 224 valence electrons. The maximum absolute atomic E-state index is 14.6. The first-order valence-electron chi connectivity index (χ1n) is 14.1. The summed E-state index contributed by atoms with van der Waals surface area (Å²) in [6, 6.07) is 16.1. The minimum Gasteiger partial charge on any atom is -0.444 e. The van der Waals surface area contributed by atoms with Crippen LogP contribution in [0.2, 0.25) is 0 Å². The third kappa shape index (κ3) is 8.14. The van der Waals surface area contributed by atoms with Crippen molar-refractivity contribution < 1.29 is 27.9 Å². The molecule has 4 rings (SSSR count). The summed E-state index contributed by atoms with van der Waals surface area (Å²) in [5.74, 6) is -0.521. The number of hydrogen-bond acceptors (Lipinski definition) is 7. The lowest BCUT2D eigenvalue weighted by Gasteiger charge is -2.27. The number of nitrogens with one attached hydrogen (secondary N) is 2. The molecule has 1 aromatic heterocycles. The van der Waals surface area contributed by atoms with Gasteiger partial charge in [-0.3, -0.25) is 9.59 Å². The highest BCUT2D eigenvalue weighted by Crippen LogP contribution is 2.27. The molecule has 1 aliphatic rings. The number of aromatic nitrogens is 2. The second-order valence-corrected chi connectivity index (χ2v) is 11.7. The van der Waals surface area contributed by atoms with Gasteiger partial charge in [0.05, 0.1) is 19.1 Å². The second kappa shape index (κ2) is 13.1. The van der Waals surface area contributed by atoms with Crippen LogP contribution in [0.3, 0.4) is 0 Å². The molecule has 0 saturated carbocycles. The van der Waals surface area contributed by atoms with Gasteiger partial charge in [0.15, 0.2) is 0 Å². The molecule has 2 aromatic carbocycles. The van der Waals surface area contributed by atoms with Gasteiger partial charge in [-0.1, -0.05) is 68.4 Å². The number of likely N-dealkylation sites (tertiary alicyclic amines) is 1. The van der Waals surface area contributed by atoms with Crippen LogP contribution in [0.15, 0.2) is 59.0 Å². The summed E-state index contributed by atoms with van der Waals surface area (Å²) in [6.07, 6.45) is -2.42. The summed E-state index contributed by atoms with van der Waals surface area (Å²) in [4.78, 5) is 39.9. The Kier molecular flexibility index (Phi) is 9.59. The van der Waals surface area contributed by atoms with Crippen molar-refractivity contribution in [2.45, 2.75) is 83.8 Å². The first kappa shape index (κ1) is 30.7. The maximum Gasteiger partial charge on any atom is 0.408 e. The Morgan fingerprint density at radius 2 is 1.62 bits per heavy atom. The van der Waals surface area contributed by atoms with E-state index in [1.807, 2.05) is 54.6 Å². The van der Waals surface area contributed by atoms with E-state index in [9.17, 15) is 18.8 Å². The van der Waals surface area contributed by atoms with E-state index in [0.29, 0.717) is 5.92 Å². The molecule has 0 bridgehead atoms. The third-order valence-corrected chi connectivity index (χ3v) is 6.82. The zero-order valence-corrected chi connectivity index (χ0v) is 24.6. The molecule has 1 aliphatic heterocycles. The van der Waals surface area contributed by atoms with E-state index < -0.39 is 41.8 Å². The molecular formula is C31H38FN5O5. The Labute approximate surface area is 245 Å². The summed E-state index contributed by atoms with van der Waals surface area (Å²) >= 11 is 0. The fourth-order valence-electron chi connectivity index (χ4n) is 4.75. The van der Waals surface area contributed by atoms with Gasteiger partial charge in [-0.05, 0) is 43.4 Å². The van der Waals surface area contributed by atoms with Crippen molar-refractivity contribution >= 4 is 17.9 Å². The van der Waals surface area contributed by atoms with Crippen molar-refractivity contribution in [1.29, 1.82) is 0 Å². The number of benzene rings is 2. The highest BCUT2D eigenvalue weighted by Gasteiger charge is 2.41. The highest BCUT2D eigenvalue weighted by molar-refractivity contribution is 5.89. The fraction of sp³-hybridized carbons (Fsp3) is 0.452. The SMILES string of the molecule is CC(C)c1ccc([C@@H](NC(=O)[C@@H]2C[C@@H](F)CN2C(=O)Cc2nnc(CNC(=O)OC(C)(C)C)o2)c2ccccc2)cc1. The Morgan fingerprint density at radius 3 is 2.26 bits per heavy atom. The molecule has 0 unspecified atom stereocenters. The monoisotopic (exact) mass is 579 g/mol. The Bertz CT molecular complexity index is 1370. The van der Waals surface area contributed by atoms with E-state index in [-0.39, 0.29) is 37.7 Å². The Balaban J connectivity index is 1.43. The molecule has 2 N–H and O–H groups in total. The van der Waals surface area contributed by atoms with Gasteiger partial charge < -0.3 is 24.7 Å². The van der Waals surface area contributed by atoms with Crippen molar-refractivity contribution in [1.82, 2.24) is 25.7 Å². The molecule has 3 atom stereocenters. The predicted octanol–water partition coefficient (Wildman–Crippen LogP) is 4.61. The maximum atomic E-state index is 14.6. The molecular weight excluding hydrogens is 541 g/mol. The van der Waals surface area contributed by atoms with Gasteiger partial charge >= 0.3 is 6.09 Å². The molecule has 1 saturated heterocycles. The molecule has 3 aromatic rings. The van der Waals surface area contributed by atoms with Crippen LogP contribution in [-0.2, 0) is 27.3 Å². The molecule has 11 heteroatoms. The number of ether oxygens (including phenoxy) is 1. The summed E-state index contributed by atoms with van der Waals surface area (Å²) in [6.45, 7) is 9.14. The van der Waals surface area contributed by atoms with Crippen LogP contribution in [0.5, 0.6) is 0 Å². The van der Waals surface area contributed by atoms with Gasteiger partial charge in [-0.2, -0.15) is 0 Å². The van der Waals surface area contributed by atoms with Gasteiger partial charge in [0.1, 0.15) is 24.2 Å². The number of amides is 3. The van der Waals surface area contributed by atoms with Crippen LogP contribution < -0.4 is 10.6 Å². The van der Waals surface area contributed by atoms with E-state index in [4.69, 9.17) is 9.15 Å².